The second-order valence-corrected chi connectivity index (χ2v) is 5.10. The molecular weight excluding hydrogens is 190 g/mol. The van der Waals surface area contributed by atoms with Crippen molar-refractivity contribution in [1.29, 1.82) is 0 Å². The average molecular weight is 209 g/mol. The van der Waals surface area contributed by atoms with Crippen molar-refractivity contribution in [3.05, 3.63) is 10.4 Å². The summed E-state index contributed by atoms with van der Waals surface area (Å²) >= 11 is 0. The van der Waals surface area contributed by atoms with Gasteiger partial charge in [-0.15, -0.1) is 0 Å². The van der Waals surface area contributed by atoms with E-state index in [-0.39, 0.29) is 5.54 Å². The Labute approximate surface area is 90.6 Å². The Balaban J connectivity index is 2.81. The van der Waals surface area contributed by atoms with E-state index in [1.165, 1.54) is 6.42 Å². The van der Waals surface area contributed by atoms with Gasteiger partial charge in [-0.25, -0.2) is 0 Å². The number of azo groups is 1. The summed E-state index contributed by atoms with van der Waals surface area (Å²) in [6, 6.07) is 0. The monoisotopic (exact) mass is 209 g/mol. The second kappa shape index (κ2) is 4.62. The van der Waals surface area contributed by atoms with Crippen molar-refractivity contribution in [1.82, 2.24) is 0 Å². The van der Waals surface area contributed by atoms with Crippen LogP contribution in [0.3, 0.4) is 0 Å². The molecule has 84 valence electrons. The number of hydrogen-bond acceptors (Lipinski definition) is 3. The first-order valence-corrected chi connectivity index (χ1v) is 5.48. The first kappa shape index (κ1) is 12.0. The van der Waals surface area contributed by atoms with Gasteiger partial charge in [-0.2, -0.15) is 10.2 Å². The van der Waals surface area contributed by atoms with E-state index in [9.17, 15) is 0 Å². The van der Waals surface area contributed by atoms with Crippen LogP contribution in [-0.2, 0) is 0 Å². The van der Waals surface area contributed by atoms with Gasteiger partial charge in [-0.1, -0.05) is 24.4 Å². The molecule has 0 radical (unpaired) electrons. The highest BCUT2D eigenvalue weighted by Gasteiger charge is 2.31. The lowest BCUT2D eigenvalue weighted by Gasteiger charge is -2.28. The van der Waals surface area contributed by atoms with E-state index in [1.54, 1.807) is 0 Å². The van der Waals surface area contributed by atoms with Crippen molar-refractivity contribution in [2.45, 2.75) is 64.1 Å². The molecule has 15 heavy (non-hydrogen) atoms. The molecule has 0 bridgehead atoms. The molecule has 1 rings (SSSR count). The third kappa shape index (κ3) is 3.88. The van der Waals surface area contributed by atoms with Crippen molar-refractivity contribution in [3.63, 3.8) is 0 Å². The molecule has 1 aliphatic rings. The highest BCUT2D eigenvalue weighted by molar-refractivity contribution is 4.88. The average Bonchev–Trinajstić information content (AvgIpc) is 2.16. The summed E-state index contributed by atoms with van der Waals surface area (Å²) in [7, 11) is 0. The molecule has 0 aromatic carbocycles. The van der Waals surface area contributed by atoms with Crippen LogP contribution in [0.5, 0.6) is 0 Å². The van der Waals surface area contributed by atoms with Crippen LogP contribution in [0, 0.1) is 0 Å². The summed E-state index contributed by atoms with van der Waals surface area (Å²) in [6.45, 7) is 5.97. The quantitative estimate of drug-likeness (QED) is 0.371. The van der Waals surface area contributed by atoms with Crippen molar-refractivity contribution in [3.8, 4) is 0 Å². The number of nitrogens with zero attached hydrogens (tertiary/aromatic N) is 5. The van der Waals surface area contributed by atoms with Gasteiger partial charge in [0.1, 0.15) is 0 Å². The fourth-order valence-corrected chi connectivity index (χ4v) is 1.66. The van der Waals surface area contributed by atoms with Crippen LogP contribution in [-0.4, -0.2) is 11.2 Å². The van der Waals surface area contributed by atoms with Crippen LogP contribution in [0.1, 0.15) is 52.9 Å². The standard InChI is InChI=1S/C10H19N5/c1-9(2,3)12-13-10(14-15-11)7-5-4-6-8-10/h4-8H2,1-3H3. The zero-order valence-corrected chi connectivity index (χ0v) is 9.77. The third-order valence-corrected chi connectivity index (χ3v) is 2.42. The number of hydrogen-bond donors (Lipinski definition) is 0. The molecular formula is C10H19N5. The van der Waals surface area contributed by atoms with Crippen molar-refractivity contribution < 1.29 is 0 Å². The Morgan fingerprint density at radius 2 is 1.73 bits per heavy atom. The summed E-state index contributed by atoms with van der Waals surface area (Å²) in [6.07, 6.45) is 5.01. The van der Waals surface area contributed by atoms with Crippen LogP contribution in [0.15, 0.2) is 15.3 Å². The molecule has 0 saturated heterocycles. The van der Waals surface area contributed by atoms with Crippen molar-refractivity contribution >= 4 is 0 Å². The largest absolute Gasteiger partial charge is 0.188 e. The van der Waals surface area contributed by atoms with Crippen LogP contribution in [0.25, 0.3) is 10.4 Å². The minimum absolute atomic E-state index is 0.199. The molecule has 0 N–H and O–H groups in total. The van der Waals surface area contributed by atoms with Gasteiger partial charge in [0.2, 0.25) is 0 Å². The van der Waals surface area contributed by atoms with E-state index < -0.39 is 5.66 Å². The topological polar surface area (TPSA) is 73.5 Å². The smallest absolute Gasteiger partial charge is 0.160 e. The number of azide groups is 1. The number of rotatable bonds is 2. The SMILES string of the molecule is CC(C)(C)N=NC1(N=[N+]=[N-])CCCCC1. The van der Waals surface area contributed by atoms with Gasteiger partial charge < -0.3 is 0 Å². The Bertz CT molecular complexity index is 277. The molecule has 5 nitrogen and oxygen atoms in total. The Morgan fingerprint density at radius 1 is 1.13 bits per heavy atom. The zero-order valence-electron chi connectivity index (χ0n) is 9.77. The molecule has 0 unspecified atom stereocenters. The van der Waals surface area contributed by atoms with E-state index in [4.69, 9.17) is 5.53 Å². The van der Waals surface area contributed by atoms with Gasteiger partial charge in [0.25, 0.3) is 0 Å². The normalized spacial score (nSPS) is 21.3. The molecule has 1 saturated carbocycles. The van der Waals surface area contributed by atoms with Crippen molar-refractivity contribution in [2.75, 3.05) is 0 Å². The molecule has 0 aromatic rings. The molecule has 0 aromatic heterocycles. The van der Waals surface area contributed by atoms with Gasteiger partial charge >= 0.3 is 0 Å². The van der Waals surface area contributed by atoms with E-state index in [0.29, 0.717) is 0 Å². The molecule has 0 spiro atoms. The predicted molar refractivity (Wildman–Crippen MR) is 59.6 cm³/mol. The summed E-state index contributed by atoms with van der Waals surface area (Å²) < 4.78 is 0. The molecule has 0 atom stereocenters. The third-order valence-electron chi connectivity index (χ3n) is 2.42. The minimum atomic E-state index is -0.597. The Kier molecular flexibility index (Phi) is 3.69. The van der Waals surface area contributed by atoms with E-state index in [0.717, 1.165) is 25.7 Å². The van der Waals surface area contributed by atoms with Crippen LogP contribution < -0.4 is 0 Å². The van der Waals surface area contributed by atoms with Gasteiger partial charge in [0, 0.05) is 4.91 Å². The molecule has 1 aliphatic carbocycles. The minimum Gasteiger partial charge on any atom is -0.188 e. The van der Waals surface area contributed by atoms with E-state index in [2.05, 4.69) is 20.3 Å². The highest BCUT2D eigenvalue weighted by atomic mass is 15.3. The lowest BCUT2D eigenvalue weighted by Crippen LogP contribution is -2.27. The maximum atomic E-state index is 8.57. The first-order valence-electron chi connectivity index (χ1n) is 5.48. The summed E-state index contributed by atoms with van der Waals surface area (Å²) in [4.78, 5) is 2.90. The highest BCUT2D eigenvalue weighted by Crippen LogP contribution is 2.34. The maximum Gasteiger partial charge on any atom is 0.160 e. The Morgan fingerprint density at radius 3 is 2.20 bits per heavy atom. The molecule has 0 heterocycles. The van der Waals surface area contributed by atoms with Crippen LogP contribution in [0.2, 0.25) is 0 Å². The Hall–Kier alpha value is -1.09. The van der Waals surface area contributed by atoms with Gasteiger partial charge in [-0.3, -0.25) is 0 Å². The molecule has 0 aliphatic heterocycles. The second-order valence-electron chi connectivity index (χ2n) is 5.10. The van der Waals surface area contributed by atoms with Crippen LogP contribution >= 0.6 is 0 Å². The summed E-state index contributed by atoms with van der Waals surface area (Å²) in [5.74, 6) is 0. The molecule has 0 amide bonds. The lowest BCUT2D eigenvalue weighted by molar-refractivity contribution is 0.284. The molecule has 1 fully saturated rings. The van der Waals surface area contributed by atoms with Gasteiger partial charge in [0.15, 0.2) is 5.66 Å². The molecule has 5 heteroatoms. The van der Waals surface area contributed by atoms with Crippen molar-refractivity contribution in [2.24, 2.45) is 15.3 Å². The summed E-state index contributed by atoms with van der Waals surface area (Å²) in [5, 5.41) is 12.3. The summed E-state index contributed by atoms with van der Waals surface area (Å²) in [5.41, 5.74) is 7.77. The first-order chi connectivity index (χ1) is 6.97. The predicted octanol–water partition coefficient (Wildman–Crippen LogP) is 4.21. The maximum absolute atomic E-state index is 8.57. The van der Waals surface area contributed by atoms with Gasteiger partial charge in [-0.05, 0) is 39.1 Å². The van der Waals surface area contributed by atoms with Gasteiger partial charge in [0.05, 0.1) is 5.54 Å². The fraction of sp³-hybridized carbons (Fsp3) is 1.00. The fourth-order valence-electron chi connectivity index (χ4n) is 1.66. The van der Waals surface area contributed by atoms with Crippen LogP contribution in [0.4, 0.5) is 0 Å². The van der Waals surface area contributed by atoms with E-state index in [1.807, 2.05) is 20.8 Å². The lowest BCUT2D eigenvalue weighted by atomic mass is 9.90. The van der Waals surface area contributed by atoms with E-state index >= 15 is 0 Å². The zero-order chi connectivity index (χ0) is 11.4.